The average Bonchev–Trinajstić information content (AvgIpc) is 2.37. The highest BCUT2D eigenvalue weighted by atomic mass is 16.6. The number of ether oxygens (including phenoxy) is 2. The lowest BCUT2D eigenvalue weighted by Gasteiger charge is -2.35. The van der Waals surface area contributed by atoms with E-state index >= 15 is 0 Å². The minimum atomic E-state index is -3.12. The smallest absolute Gasteiger partial charge is 0.336 e. The summed E-state index contributed by atoms with van der Waals surface area (Å²) >= 11 is 0. The third-order valence-electron chi connectivity index (χ3n) is 2.36. The van der Waals surface area contributed by atoms with Gasteiger partial charge in [0.25, 0.3) is 0 Å². The Morgan fingerprint density at radius 1 is 0.818 bits per heavy atom. The van der Waals surface area contributed by atoms with Crippen LogP contribution in [0.5, 0.6) is 0 Å². The number of rotatable bonds is 11. The summed E-state index contributed by atoms with van der Waals surface area (Å²) in [6.45, 7) is -3.95. The maximum atomic E-state index is 11.0. The Morgan fingerprint density at radius 2 is 1.14 bits per heavy atom. The minimum absolute atomic E-state index is 1.22. The number of carbonyl (C=O) groups is 4. The zero-order chi connectivity index (χ0) is 17.5. The van der Waals surface area contributed by atoms with Gasteiger partial charge in [-0.25, -0.2) is 19.2 Å². The van der Waals surface area contributed by atoms with Crippen molar-refractivity contribution in [1.82, 2.24) is 0 Å². The maximum absolute atomic E-state index is 11.0. The van der Waals surface area contributed by atoms with Gasteiger partial charge in [0.15, 0.2) is 17.8 Å². The molecular weight excluding hydrogens is 312 g/mol. The lowest BCUT2D eigenvalue weighted by atomic mass is 9.90. The third kappa shape index (κ3) is 5.25. The summed E-state index contributed by atoms with van der Waals surface area (Å²) in [5, 5.41) is 53.8. The van der Waals surface area contributed by atoms with Crippen LogP contribution in [0.3, 0.4) is 0 Å². The zero-order valence-corrected chi connectivity index (χ0v) is 10.9. The second-order valence-electron chi connectivity index (χ2n) is 4.00. The van der Waals surface area contributed by atoms with Crippen LogP contribution in [-0.2, 0) is 28.7 Å². The van der Waals surface area contributed by atoms with Crippen molar-refractivity contribution in [1.29, 1.82) is 0 Å². The van der Waals surface area contributed by atoms with Gasteiger partial charge in [0.1, 0.15) is 13.2 Å². The van der Waals surface area contributed by atoms with E-state index in [1.54, 1.807) is 0 Å². The SMILES string of the molecule is O=C(O)COC(C(=O)O)C(O)(CO)C(OCC(=O)O)C(=O)O. The first-order valence-electron chi connectivity index (χ1n) is 5.51. The van der Waals surface area contributed by atoms with Gasteiger partial charge in [-0.1, -0.05) is 0 Å². The second-order valence-corrected chi connectivity index (χ2v) is 4.00. The fourth-order valence-electron chi connectivity index (χ4n) is 1.47. The van der Waals surface area contributed by atoms with Gasteiger partial charge in [0.2, 0.25) is 0 Å². The first-order chi connectivity index (χ1) is 10.1. The van der Waals surface area contributed by atoms with Crippen molar-refractivity contribution in [3.8, 4) is 0 Å². The van der Waals surface area contributed by atoms with E-state index in [1.807, 2.05) is 0 Å². The fourth-order valence-corrected chi connectivity index (χ4v) is 1.47. The molecule has 6 N–H and O–H groups in total. The monoisotopic (exact) mass is 326 g/mol. The van der Waals surface area contributed by atoms with E-state index < -0.39 is 61.5 Å². The molecule has 12 nitrogen and oxygen atoms in total. The summed E-state index contributed by atoms with van der Waals surface area (Å²) in [5.41, 5.74) is -3.12. The highest BCUT2D eigenvalue weighted by Crippen LogP contribution is 2.22. The van der Waals surface area contributed by atoms with Crippen LogP contribution in [0.4, 0.5) is 0 Å². The zero-order valence-electron chi connectivity index (χ0n) is 10.9. The predicted octanol–water partition coefficient (Wildman–Crippen LogP) is -3.18. The highest BCUT2D eigenvalue weighted by Gasteiger charge is 2.53. The van der Waals surface area contributed by atoms with Crippen molar-refractivity contribution in [3.05, 3.63) is 0 Å². The molecule has 0 bridgehead atoms. The van der Waals surface area contributed by atoms with Gasteiger partial charge in [-0.3, -0.25) is 0 Å². The van der Waals surface area contributed by atoms with Crippen LogP contribution in [0.1, 0.15) is 0 Å². The molecule has 0 radical (unpaired) electrons. The molecule has 0 rings (SSSR count). The molecule has 0 aliphatic heterocycles. The van der Waals surface area contributed by atoms with Gasteiger partial charge >= 0.3 is 23.9 Å². The average molecular weight is 326 g/mol. The summed E-state index contributed by atoms with van der Waals surface area (Å²) in [4.78, 5) is 42.8. The molecule has 2 atom stereocenters. The minimum Gasteiger partial charge on any atom is -0.480 e. The molecular formula is C10H14O12. The van der Waals surface area contributed by atoms with Gasteiger partial charge < -0.3 is 40.1 Å². The number of carboxylic acids is 4. The van der Waals surface area contributed by atoms with Crippen molar-refractivity contribution in [2.24, 2.45) is 0 Å². The van der Waals surface area contributed by atoms with Gasteiger partial charge in [-0.15, -0.1) is 0 Å². The Balaban J connectivity index is 5.50. The van der Waals surface area contributed by atoms with E-state index in [0.29, 0.717) is 0 Å². The first kappa shape index (κ1) is 19.7. The lowest BCUT2D eigenvalue weighted by molar-refractivity contribution is -0.217. The molecule has 0 spiro atoms. The molecule has 12 heteroatoms. The normalized spacial score (nSPS) is 16.3. The molecule has 0 aliphatic rings. The first-order valence-corrected chi connectivity index (χ1v) is 5.51. The fraction of sp³-hybridized carbons (Fsp3) is 0.600. The van der Waals surface area contributed by atoms with Crippen LogP contribution >= 0.6 is 0 Å². The van der Waals surface area contributed by atoms with E-state index in [9.17, 15) is 24.3 Å². The molecule has 0 aromatic carbocycles. The van der Waals surface area contributed by atoms with Crippen molar-refractivity contribution in [2.45, 2.75) is 17.8 Å². The molecule has 0 saturated heterocycles. The van der Waals surface area contributed by atoms with E-state index in [2.05, 4.69) is 9.47 Å². The van der Waals surface area contributed by atoms with Gasteiger partial charge in [0, 0.05) is 0 Å². The Bertz CT molecular complexity index is 407. The summed E-state index contributed by atoms with van der Waals surface area (Å²) in [6.07, 6.45) is -4.99. The molecule has 0 fully saturated rings. The summed E-state index contributed by atoms with van der Waals surface area (Å²) < 4.78 is 8.72. The molecule has 126 valence electrons. The van der Waals surface area contributed by atoms with Crippen molar-refractivity contribution >= 4 is 23.9 Å². The Morgan fingerprint density at radius 3 is 1.32 bits per heavy atom. The lowest BCUT2D eigenvalue weighted by Crippen LogP contribution is -2.62. The molecule has 2 unspecified atom stereocenters. The van der Waals surface area contributed by atoms with Crippen molar-refractivity contribution in [2.75, 3.05) is 19.8 Å². The molecule has 0 amide bonds. The summed E-state index contributed by atoms with van der Waals surface area (Å²) in [6, 6.07) is 0. The van der Waals surface area contributed by atoms with E-state index in [-0.39, 0.29) is 0 Å². The molecule has 0 aromatic rings. The maximum Gasteiger partial charge on any atom is 0.336 e. The second kappa shape index (κ2) is 8.23. The number of carboxylic acid groups (broad SMARTS) is 4. The van der Waals surface area contributed by atoms with Crippen LogP contribution in [0.25, 0.3) is 0 Å². The number of hydrogen-bond acceptors (Lipinski definition) is 8. The Kier molecular flexibility index (Phi) is 7.38. The van der Waals surface area contributed by atoms with E-state index in [1.165, 1.54) is 0 Å². The molecule has 22 heavy (non-hydrogen) atoms. The molecule has 0 saturated carbocycles. The molecule has 0 heterocycles. The van der Waals surface area contributed by atoms with Crippen LogP contribution in [0.2, 0.25) is 0 Å². The molecule has 0 aromatic heterocycles. The van der Waals surface area contributed by atoms with E-state index in [0.717, 1.165) is 0 Å². The standard InChI is InChI=1S/C10H14O12/c11-3-10(20,6(8(16)17)21-1-4(12)13)7(9(18)19)22-2-5(14)15/h6-7,11,20H,1-3H2,(H,12,13)(H,14,15)(H,16,17)(H,18,19). The third-order valence-corrected chi connectivity index (χ3v) is 2.36. The van der Waals surface area contributed by atoms with E-state index in [4.69, 9.17) is 25.5 Å². The van der Waals surface area contributed by atoms with Crippen LogP contribution in [-0.4, -0.2) is 92.1 Å². The molecule has 0 aliphatic carbocycles. The van der Waals surface area contributed by atoms with Crippen LogP contribution in [0, 0.1) is 0 Å². The van der Waals surface area contributed by atoms with Gasteiger partial charge in [-0.2, -0.15) is 0 Å². The Labute approximate surface area is 122 Å². The van der Waals surface area contributed by atoms with Crippen LogP contribution in [0.15, 0.2) is 0 Å². The Hall–Kier alpha value is -2.28. The van der Waals surface area contributed by atoms with Crippen LogP contribution < -0.4 is 0 Å². The van der Waals surface area contributed by atoms with Crippen molar-refractivity contribution < 1.29 is 59.3 Å². The van der Waals surface area contributed by atoms with Gasteiger partial charge in [0.05, 0.1) is 6.61 Å². The topological polar surface area (TPSA) is 208 Å². The highest BCUT2D eigenvalue weighted by molar-refractivity contribution is 5.80. The summed E-state index contributed by atoms with van der Waals surface area (Å²) in [5.74, 6) is -7.21. The number of hydrogen-bond donors (Lipinski definition) is 6. The predicted molar refractivity (Wildman–Crippen MR) is 62.1 cm³/mol. The number of aliphatic hydroxyl groups excluding tert-OH is 1. The largest absolute Gasteiger partial charge is 0.480 e. The summed E-state index contributed by atoms with van der Waals surface area (Å²) in [7, 11) is 0. The number of aliphatic hydroxyl groups is 2. The number of aliphatic carboxylic acids is 4. The van der Waals surface area contributed by atoms with Gasteiger partial charge in [-0.05, 0) is 0 Å². The van der Waals surface area contributed by atoms with Crippen molar-refractivity contribution in [3.63, 3.8) is 0 Å². The quantitative estimate of drug-likeness (QED) is 0.222.